The number of benzene rings is 2. The van der Waals surface area contributed by atoms with Gasteiger partial charge in [-0.05, 0) is 29.8 Å². The molecule has 1 atom stereocenters. The van der Waals surface area contributed by atoms with Crippen molar-refractivity contribution < 1.29 is 9.90 Å². The van der Waals surface area contributed by atoms with E-state index in [1.807, 2.05) is 37.1 Å². The van der Waals surface area contributed by atoms with Crippen molar-refractivity contribution in [1.29, 1.82) is 0 Å². The molecule has 0 spiro atoms. The standard InChI is InChI=1S/C16H19NO2/c1-3-15(16(18)19)17(2)11-13-9-6-8-12-7-4-5-10-14(12)13/h4-10,15H,3,11H2,1-2H3,(H,18,19). The third-order valence-electron chi connectivity index (χ3n) is 3.50. The number of carbonyl (C=O) groups is 1. The summed E-state index contributed by atoms with van der Waals surface area (Å²) in [7, 11) is 1.87. The first-order chi connectivity index (χ1) is 9.13. The molecule has 0 fully saturated rings. The number of carboxylic acids is 1. The molecule has 0 radical (unpaired) electrons. The van der Waals surface area contributed by atoms with Crippen molar-refractivity contribution in [2.45, 2.75) is 25.9 Å². The van der Waals surface area contributed by atoms with E-state index in [2.05, 4.69) is 24.3 Å². The van der Waals surface area contributed by atoms with Gasteiger partial charge < -0.3 is 5.11 Å². The fourth-order valence-corrected chi connectivity index (χ4v) is 2.48. The molecule has 3 nitrogen and oxygen atoms in total. The number of rotatable bonds is 5. The molecule has 0 aliphatic rings. The second kappa shape index (κ2) is 5.85. The molecule has 0 aromatic heterocycles. The van der Waals surface area contributed by atoms with Crippen LogP contribution in [0.2, 0.25) is 0 Å². The Balaban J connectivity index is 2.28. The lowest BCUT2D eigenvalue weighted by molar-refractivity contribution is -0.143. The van der Waals surface area contributed by atoms with Crippen LogP contribution >= 0.6 is 0 Å². The molecule has 19 heavy (non-hydrogen) atoms. The molecular formula is C16H19NO2. The predicted octanol–water partition coefficient (Wildman–Crippen LogP) is 3.13. The third kappa shape index (κ3) is 2.93. The first kappa shape index (κ1) is 13.6. The van der Waals surface area contributed by atoms with Crippen molar-refractivity contribution in [2.75, 3.05) is 7.05 Å². The Hall–Kier alpha value is -1.87. The third-order valence-corrected chi connectivity index (χ3v) is 3.50. The van der Waals surface area contributed by atoms with Gasteiger partial charge in [-0.3, -0.25) is 9.69 Å². The Labute approximate surface area is 113 Å². The largest absolute Gasteiger partial charge is 0.480 e. The molecule has 0 saturated carbocycles. The van der Waals surface area contributed by atoms with E-state index in [4.69, 9.17) is 0 Å². The van der Waals surface area contributed by atoms with Crippen LogP contribution in [0.5, 0.6) is 0 Å². The number of hydrogen-bond acceptors (Lipinski definition) is 2. The maximum atomic E-state index is 11.2. The first-order valence-corrected chi connectivity index (χ1v) is 6.53. The Bertz CT molecular complexity index is 574. The summed E-state index contributed by atoms with van der Waals surface area (Å²) < 4.78 is 0. The highest BCUT2D eigenvalue weighted by atomic mass is 16.4. The van der Waals surface area contributed by atoms with Crippen LogP contribution in [0.15, 0.2) is 42.5 Å². The Morgan fingerprint density at radius 2 is 1.89 bits per heavy atom. The average Bonchev–Trinajstić information content (AvgIpc) is 2.39. The molecule has 0 aliphatic carbocycles. The molecule has 2 aromatic rings. The molecule has 1 unspecified atom stereocenters. The molecule has 0 heterocycles. The van der Waals surface area contributed by atoms with Crippen molar-refractivity contribution >= 4 is 16.7 Å². The minimum absolute atomic E-state index is 0.432. The molecule has 0 bridgehead atoms. The van der Waals surface area contributed by atoms with Crippen molar-refractivity contribution in [2.24, 2.45) is 0 Å². The quantitative estimate of drug-likeness (QED) is 0.894. The molecule has 3 heteroatoms. The minimum atomic E-state index is -0.759. The summed E-state index contributed by atoms with van der Waals surface area (Å²) >= 11 is 0. The maximum absolute atomic E-state index is 11.2. The molecular weight excluding hydrogens is 238 g/mol. The summed E-state index contributed by atoms with van der Waals surface area (Å²) in [6.45, 7) is 2.55. The van der Waals surface area contributed by atoms with Crippen molar-refractivity contribution in [1.82, 2.24) is 4.90 Å². The highest BCUT2D eigenvalue weighted by Gasteiger charge is 2.20. The van der Waals surface area contributed by atoms with Crippen LogP contribution in [0.3, 0.4) is 0 Å². The number of nitrogens with zero attached hydrogens (tertiary/aromatic N) is 1. The Morgan fingerprint density at radius 3 is 2.58 bits per heavy atom. The Kier molecular flexibility index (Phi) is 4.17. The second-order valence-electron chi connectivity index (χ2n) is 4.82. The molecule has 100 valence electrons. The lowest BCUT2D eigenvalue weighted by Crippen LogP contribution is -2.37. The van der Waals surface area contributed by atoms with E-state index in [-0.39, 0.29) is 0 Å². The van der Waals surface area contributed by atoms with Crippen LogP contribution < -0.4 is 0 Å². The van der Waals surface area contributed by atoms with E-state index in [1.54, 1.807) is 0 Å². The fourth-order valence-electron chi connectivity index (χ4n) is 2.48. The van der Waals surface area contributed by atoms with Gasteiger partial charge in [0.05, 0.1) is 0 Å². The van der Waals surface area contributed by atoms with Crippen molar-refractivity contribution in [3.8, 4) is 0 Å². The molecule has 0 saturated heterocycles. The molecule has 0 aliphatic heterocycles. The normalized spacial score (nSPS) is 12.8. The van der Waals surface area contributed by atoms with E-state index in [0.29, 0.717) is 13.0 Å². The smallest absolute Gasteiger partial charge is 0.320 e. The number of fused-ring (bicyclic) bond motifs is 1. The summed E-state index contributed by atoms with van der Waals surface area (Å²) in [6, 6.07) is 13.9. The van der Waals surface area contributed by atoms with Gasteiger partial charge in [0, 0.05) is 6.54 Å². The van der Waals surface area contributed by atoms with Gasteiger partial charge in [-0.1, -0.05) is 49.4 Å². The summed E-state index contributed by atoms with van der Waals surface area (Å²) in [5, 5.41) is 11.6. The van der Waals surface area contributed by atoms with Crippen LogP contribution in [-0.2, 0) is 11.3 Å². The molecule has 2 aromatic carbocycles. The van der Waals surface area contributed by atoms with E-state index in [0.717, 1.165) is 0 Å². The average molecular weight is 257 g/mol. The summed E-state index contributed by atoms with van der Waals surface area (Å²) in [6.07, 6.45) is 0.608. The van der Waals surface area contributed by atoms with Gasteiger partial charge in [-0.25, -0.2) is 0 Å². The van der Waals surface area contributed by atoms with Gasteiger partial charge in [0.1, 0.15) is 6.04 Å². The van der Waals surface area contributed by atoms with E-state index >= 15 is 0 Å². The van der Waals surface area contributed by atoms with Crippen LogP contribution in [0.25, 0.3) is 10.8 Å². The number of aliphatic carboxylic acids is 1. The highest BCUT2D eigenvalue weighted by Crippen LogP contribution is 2.20. The van der Waals surface area contributed by atoms with E-state index in [9.17, 15) is 9.90 Å². The number of hydrogen-bond donors (Lipinski definition) is 1. The summed E-state index contributed by atoms with van der Waals surface area (Å²) in [4.78, 5) is 13.1. The zero-order valence-electron chi connectivity index (χ0n) is 11.3. The molecule has 1 N–H and O–H groups in total. The van der Waals surface area contributed by atoms with Gasteiger partial charge in [-0.15, -0.1) is 0 Å². The Morgan fingerprint density at radius 1 is 1.21 bits per heavy atom. The fraction of sp³-hybridized carbons (Fsp3) is 0.312. The minimum Gasteiger partial charge on any atom is -0.480 e. The van der Waals surface area contributed by atoms with Crippen LogP contribution in [0.4, 0.5) is 0 Å². The highest BCUT2D eigenvalue weighted by molar-refractivity contribution is 5.85. The summed E-state index contributed by atoms with van der Waals surface area (Å²) in [5.74, 6) is -0.759. The van der Waals surface area contributed by atoms with Gasteiger partial charge in [0.2, 0.25) is 0 Å². The van der Waals surface area contributed by atoms with Gasteiger partial charge in [0.25, 0.3) is 0 Å². The molecule has 0 amide bonds. The maximum Gasteiger partial charge on any atom is 0.320 e. The van der Waals surface area contributed by atoms with Crippen LogP contribution in [0.1, 0.15) is 18.9 Å². The van der Waals surface area contributed by atoms with E-state index in [1.165, 1.54) is 16.3 Å². The first-order valence-electron chi connectivity index (χ1n) is 6.53. The number of carboxylic acid groups (broad SMARTS) is 1. The summed E-state index contributed by atoms with van der Waals surface area (Å²) in [5.41, 5.74) is 1.17. The SMILES string of the molecule is CCC(C(=O)O)N(C)Cc1cccc2ccccc12. The van der Waals surface area contributed by atoms with Gasteiger partial charge in [0.15, 0.2) is 0 Å². The second-order valence-corrected chi connectivity index (χ2v) is 4.82. The lowest BCUT2D eigenvalue weighted by atomic mass is 10.0. The topological polar surface area (TPSA) is 40.5 Å². The van der Waals surface area contributed by atoms with Crippen molar-refractivity contribution in [3.63, 3.8) is 0 Å². The zero-order chi connectivity index (χ0) is 13.8. The monoisotopic (exact) mass is 257 g/mol. The predicted molar refractivity (Wildman–Crippen MR) is 77.1 cm³/mol. The van der Waals surface area contributed by atoms with Crippen LogP contribution in [0, 0.1) is 0 Å². The van der Waals surface area contributed by atoms with E-state index < -0.39 is 12.0 Å². The van der Waals surface area contributed by atoms with Crippen LogP contribution in [-0.4, -0.2) is 29.1 Å². The molecule has 2 rings (SSSR count). The van der Waals surface area contributed by atoms with Gasteiger partial charge in [-0.2, -0.15) is 0 Å². The van der Waals surface area contributed by atoms with Crippen molar-refractivity contribution in [3.05, 3.63) is 48.0 Å². The zero-order valence-corrected chi connectivity index (χ0v) is 11.3. The van der Waals surface area contributed by atoms with Gasteiger partial charge >= 0.3 is 5.97 Å². The lowest BCUT2D eigenvalue weighted by Gasteiger charge is -2.24. The number of likely N-dealkylation sites (N-methyl/N-ethyl adjacent to an activating group) is 1.